The topological polar surface area (TPSA) is 56.1 Å². The zero-order valence-corrected chi connectivity index (χ0v) is 17.2. The zero-order valence-electron chi connectivity index (χ0n) is 17.2. The summed E-state index contributed by atoms with van der Waals surface area (Å²) in [6.07, 6.45) is 3.35. The quantitative estimate of drug-likeness (QED) is 0.528. The Morgan fingerprint density at radius 1 is 1.21 bits per heavy atom. The van der Waals surface area contributed by atoms with Crippen molar-refractivity contribution in [1.82, 2.24) is 14.9 Å². The summed E-state index contributed by atoms with van der Waals surface area (Å²) in [6, 6.07) is 16.2. The van der Waals surface area contributed by atoms with Crippen LogP contribution in [0.4, 0.5) is 0 Å². The lowest BCUT2D eigenvalue weighted by Crippen LogP contribution is -2.30. The molecule has 0 aliphatic rings. The first-order chi connectivity index (χ1) is 14.1. The molecule has 0 unspecified atom stereocenters. The smallest absolute Gasteiger partial charge is 0.222 e. The molecule has 0 aliphatic heterocycles. The van der Waals surface area contributed by atoms with Gasteiger partial charge in [0.2, 0.25) is 5.91 Å². The summed E-state index contributed by atoms with van der Waals surface area (Å²) < 4.78 is 8.26. The largest absolute Gasteiger partial charge is 0.491 e. The number of nitrogens with one attached hydrogen (secondary N) is 1. The Hall–Kier alpha value is -3.08. The number of carbonyl (C=O) groups is 1. The normalized spacial score (nSPS) is 11.0. The predicted molar refractivity (Wildman–Crippen MR) is 117 cm³/mol. The van der Waals surface area contributed by atoms with Gasteiger partial charge in [0.1, 0.15) is 18.2 Å². The fourth-order valence-corrected chi connectivity index (χ4v) is 3.28. The van der Waals surface area contributed by atoms with Crippen LogP contribution in [0.3, 0.4) is 0 Å². The first-order valence-corrected chi connectivity index (χ1v) is 10.1. The Labute approximate surface area is 172 Å². The SMILES string of the molecule is C=CCc1ccccc1OCCn1c(CCNC(=O)C(C)C)nc2ccccc21. The molecule has 1 amide bonds. The first-order valence-electron chi connectivity index (χ1n) is 10.1. The van der Waals surface area contributed by atoms with Gasteiger partial charge in [-0.2, -0.15) is 0 Å². The predicted octanol–water partition coefficient (Wildman–Crippen LogP) is 4.16. The lowest BCUT2D eigenvalue weighted by atomic mass is 10.1. The van der Waals surface area contributed by atoms with E-state index in [2.05, 4.69) is 28.6 Å². The number of nitrogens with zero attached hydrogens (tertiary/aromatic N) is 2. The highest BCUT2D eigenvalue weighted by molar-refractivity contribution is 5.78. The van der Waals surface area contributed by atoms with E-state index in [4.69, 9.17) is 9.72 Å². The summed E-state index contributed by atoms with van der Waals surface area (Å²) in [4.78, 5) is 16.6. The molecule has 29 heavy (non-hydrogen) atoms. The fourth-order valence-electron chi connectivity index (χ4n) is 3.28. The van der Waals surface area contributed by atoms with E-state index in [1.807, 2.05) is 56.3 Å². The van der Waals surface area contributed by atoms with Gasteiger partial charge in [0.15, 0.2) is 0 Å². The second-order valence-corrected chi connectivity index (χ2v) is 7.31. The van der Waals surface area contributed by atoms with Gasteiger partial charge in [-0.05, 0) is 30.2 Å². The van der Waals surface area contributed by atoms with Crippen LogP contribution in [0.25, 0.3) is 11.0 Å². The summed E-state index contributed by atoms with van der Waals surface area (Å²) in [5.74, 6) is 1.90. The molecule has 0 radical (unpaired) electrons. The van der Waals surface area contributed by atoms with E-state index >= 15 is 0 Å². The Kier molecular flexibility index (Phi) is 7.06. The molecule has 5 nitrogen and oxygen atoms in total. The van der Waals surface area contributed by atoms with Crippen molar-refractivity contribution in [3.8, 4) is 5.75 Å². The van der Waals surface area contributed by atoms with E-state index in [1.54, 1.807) is 0 Å². The molecule has 3 rings (SSSR count). The fraction of sp³-hybridized carbons (Fsp3) is 0.333. The lowest BCUT2D eigenvalue weighted by molar-refractivity contribution is -0.123. The van der Waals surface area contributed by atoms with Crippen molar-refractivity contribution in [2.75, 3.05) is 13.2 Å². The lowest BCUT2D eigenvalue weighted by Gasteiger charge is -2.13. The van der Waals surface area contributed by atoms with E-state index in [-0.39, 0.29) is 11.8 Å². The number of rotatable bonds is 10. The molecule has 0 saturated heterocycles. The molecular formula is C24H29N3O2. The molecule has 1 N–H and O–H groups in total. The van der Waals surface area contributed by atoms with Crippen molar-refractivity contribution < 1.29 is 9.53 Å². The molecule has 0 bridgehead atoms. The summed E-state index contributed by atoms with van der Waals surface area (Å²) in [5, 5.41) is 2.97. The van der Waals surface area contributed by atoms with E-state index in [1.165, 1.54) is 0 Å². The number of hydrogen-bond acceptors (Lipinski definition) is 3. The minimum Gasteiger partial charge on any atom is -0.491 e. The Balaban J connectivity index is 1.71. The van der Waals surface area contributed by atoms with Crippen molar-refractivity contribution in [2.24, 2.45) is 5.92 Å². The van der Waals surface area contributed by atoms with Gasteiger partial charge >= 0.3 is 0 Å². The number of amides is 1. The summed E-state index contributed by atoms with van der Waals surface area (Å²) >= 11 is 0. The van der Waals surface area contributed by atoms with Crippen LogP contribution in [0.5, 0.6) is 5.75 Å². The second kappa shape index (κ2) is 9.92. The van der Waals surface area contributed by atoms with E-state index in [9.17, 15) is 4.79 Å². The number of aromatic nitrogens is 2. The molecule has 5 heteroatoms. The molecular weight excluding hydrogens is 362 g/mol. The molecule has 2 aromatic carbocycles. The van der Waals surface area contributed by atoms with Crippen LogP contribution >= 0.6 is 0 Å². The third-order valence-corrected chi connectivity index (χ3v) is 4.82. The third-order valence-electron chi connectivity index (χ3n) is 4.82. The molecule has 152 valence electrons. The van der Waals surface area contributed by atoms with Crippen molar-refractivity contribution in [3.63, 3.8) is 0 Å². The molecule has 0 atom stereocenters. The zero-order chi connectivity index (χ0) is 20.6. The Morgan fingerprint density at radius 2 is 1.97 bits per heavy atom. The number of benzene rings is 2. The highest BCUT2D eigenvalue weighted by Gasteiger charge is 2.12. The van der Waals surface area contributed by atoms with Gasteiger partial charge in [0.25, 0.3) is 0 Å². The molecule has 0 aliphatic carbocycles. The van der Waals surface area contributed by atoms with Gasteiger partial charge in [0, 0.05) is 18.9 Å². The van der Waals surface area contributed by atoms with Crippen LogP contribution in [0.2, 0.25) is 0 Å². The maximum absolute atomic E-state index is 11.8. The average molecular weight is 392 g/mol. The highest BCUT2D eigenvalue weighted by Crippen LogP contribution is 2.20. The molecule has 1 heterocycles. The van der Waals surface area contributed by atoms with Crippen LogP contribution in [0.1, 0.15) is 25.2 Å². The third kappa shape index (κ3) is 5.25. The molecule has 0 fully saturated rings. The van der Waals surface area contributed by atoms with Gasteiger partial charge in [-0.15, -0.1) is 6.58 Å². The molecule has 1 aromatic heterocycles. The van der Waals surface area contributed by atoms with Crippen molar-refractivity contribution >= 4 is 16.9 Å². The highest BCUT2D eigenvalue weighted by atomic mass is 16.5. The van der Waals surface area contributed by atoms with Crippen molar-refractivity contribution in [1.29, 1.82) is 0 Å². The Bertz CT molecular complexity index is 975. The average Bonchev–Trinajstić information content (AvgIpc) is 3.07. The van der Waals surface area contributed by atoms with Crippen molar-refractivity contribution in [2.45, 2.75) is 33.2 Å². The Morgan fingerprint density at radius 3 is 2.76 bits per heavy atom. The van der Waals surface area contributed by atoms with Crippen LogP contribution in [0.15, 0.2) is 61.2 Å². The molecule has 0 saturated carbocycles. The maximum atomic E-state index is 11.8. The van der Waals surface area contributed by atoms with Gasteiger partial charge in [-0.1, -0.05) is 50.3 Å². The van der Waals surface area contributed by atoms with Crippen molar-refractivity contribution in [3.05, 3.63) is 72.6 Å². The summed E-state index contributed by atoms with van der Waals surface area (Å²) in [7, 11) is 0. The standard InChI is InChI=1S/C24H29N3O2/c1-4-9-19-10-5-8-13-22(19)29-17-16-27-21-12-7-6-11-20(21)26-23(27)14-15-25-24(28)18(2)3/h4-8,10-13,18H,1,9,14-17H2,2-3H3,(H,25,28). The first kappa shape index (κ1) is 20.6. The van der Waals surface area contributed by atoms with Crippen LogP contribution in [0, 0.1) is 5.92 Å². The minimum absolute atomic E-state index is 0.0159. The van der Waals surface area contributed by atoms with E-state index in [0.717, 1.165) is 34.6 Å². The van der Waals surface area contributed by atoms with E-state index in [0.29, 0.717) is 26.1 Å². The number of imidazole rings is 1. The molecule has 3 aromatic rings. The summed E-state index contributed by atoms with van der Waals surface area (Å²) in [5.41, 5.74) is 3.18. The van der Waals surface area contributed by atoms with Crippen LogP contribution in [-0.2, 0) is 24.2 Å². The number of para-hydroxylation sites is 3. The number of ether oxygens (including phenoxy) is 1. The number of hydrogen-bond donors (Lipinski definition) is 1. The number of fused-ring (bicyclic) bond motifs is 1. The van der Waals surface area contributed by atoms with Gasteiger partial charge in [-0.25, -0.2) is 4.98 Å². The van der Waals surface area contributed by atoms with E-state index < -0.39 is 0 Å². The van der Waals surface area contributed by atoms with Crippen LogP contribution < -0.4 is 10.1 Å². The van der Waals surface area contributed by atoms with Gasteiger partial charge in [0.05, 0.1) is 17.6 Å². The maximum Gasteiger partial charge on any atom is 0.222 e. The monoisotopic (exact) mass is 391 g/mol. The van der Waals surface area contributed by atoms with Crippen LogP contribution in [-0.4, -0.2) is 28.6 Å². The second-order valence-electron chi connectivity index (χ2n) is 7.31. The van der Waals surface area contributed by atoms with Gasteiger partial charge < -0.3 is 14.6 Å². The number of carbonyl (C=O) groups excluding carboxylic acids is 1. The summed E-state index contributed by atoms with van der Waals surface area (Å²) in [6.45, 7) is 9.41. The number of allylic oxidation sites excluding steroid dienone is 1. The minimum atomic E-state index is -0.0159. The molecule has 0 spiro atoms. The van der Waals surface area contributed by atoms with Gasteiger partial charge in [-0.3, -0.25) is 4.79 Å².